The van der Waals surface area contributed by atoms with Crippen molar-refractivity contribution in [1.82, 2.24) is 14.1 Å². The molecule has 0 amide bonds. The van der Waals surface area contributed by atoms with Gasteiger partial charge in [0, 0.05) is 16.4 Å². The lowest BCUT2D eigenvalue weighted by atomic mass is 10.0. The van der Waals surface area contributed by atoms with E-state index in [9.17, 15) is 9.59 Å². The van der Waals surface area contributed by atoms with Crippen LogP contribution < -0.4 is 5.69 Å². The number of halogens is 1. The summed E-state index contributed by atoms with van der Waals surface area (Å²) >= 11 is 3.49. The summed E-state index contributed by atoms with van der Waals surface area (Å²) in [5.74, 6) is -0.335. The zero-order valence-corrected chi connectivity index (χ0v) is 19.9. The molecule has 2 atom stereocenters. The van der Waals surface area contributed by atoms with Crippen LogP contribution in [0.25, 0.3) is 16.9 Å². The topological polar surface area (TPSA) is 75.4 Å². The highest BCUT2D eigenvalue weighted by atomic mass is 79.9. The molecule has 0 unspecified atom stereocenters. The normalized spacial score (nSPS) is 21.1. The Morgan fingerprint density at radius 1 is 1.21 bits per heavy atom. The summed E-state index contributed by atoms with van der Waals surface area (Å²) in [5.41, 5.74) is 2.96. The number of rotatable bonds is 5. The second-order valence-corrected chi connectivity index (χ2v) is 9.51. The van der Waals surface area contributed by atoms with Crippen molar-refractivity contribution in [3.63, 3.8) is 0 Å². The van der Waals surface area contributed by atoms with E-state index >= 15 is 0 Å². The molecule has 7 nitrogen and oxygen atoms in total. The van der Waals surface area contributed by atoms with E-state index in [0.717, 1.165) is 41.4 Å². The molecule has 1 saturated heterocycles. The van der Waals surface area contributed by atoms with E-state index in [4.69, 9.17) is 9.47 Å². The third-order valence-electron chi connectivity index (χ3n) is 6.29. The van der Waals surface area contributed by atoms with Crippen molar-refractivity contribution in [2.75, 3.05) is 6.61 Å². The molecule has 3 heterocycles. The molecular formula is C25H26BrN3O4. The molecule has 33 heavy (non-hydrogen) atoms. The molecule has 2 aromatic heterocycles. The minimum Gasteiger partial charge on any atom is -0.456 e. The molecule has 0 spiro atoms. The molecule has 5 rings (SSSR count). The van der Waals surface area contributed by atoms with Crippen molar-refractivity contribution in [3.05, 3.63) is 69.2 Å². The van der Waals surface area contributed by atoms with E-state index in [1.807, 2.05) is 24.3 Å². The molecule has 172 valence electrons. The van der Waals surface area contributed by atoms with Gasteiger partial charge in [0.05, 0.1) is 30.3 Å². The second kappa shape index (κ2) is 9.65. The molecule has 1 fully saturated rings. The highest BCUT2D eigenvalue weighted by molar-refractivity contribution is 9.10. The Morgan fingerprint density at radius 3 is 2.79 bits per heavy atom. The van der Waals surface area contributed by atoms with E-state index in [1.54, 1.807) is 27.5 Å². The van der Waals surface area contributed by atoms with Gasteiger partial charge in [0.1, 0.15) is 6.10 Å². The molecule has 1 aliphatic heterocycles. The molecule has 8 heteroatoms. The monoisotopic (exact) mass is 511 g/mol. The van der Waals surface area contributed by atoms with Crippen molar-refractivity contribution in [2.24, 2.45) is 0 Å². The maximum absolute atomic E-state index is 13.4. The fraction of sp³-hybridized carbons (Fsp3) is 0.400. The lowest BCUT2D eigenvalue weighted by Gasteiger charge is -2.29. The maximum Gasteiger partial charge on any atom is 0.338 e. The van der Waals surface area contributed by atoms with E-state index in [-0.39, 0.29) is 23.9 Å². The van der Waals surface area contributed by atoms with Crippen LogP contribution in [0.4, 0.5) is 0 Å². The summed E-state index contributed by atoms with van der Waals surface area (Å²) in [7, 11) is 0. The first-order chi connectivity index (χ1) is 16.1. The lowest BCUT2D eigenvalue weighted by Crippen LogP contribution is -2.37. The largest absolute Gasteiger partial charge is 0.456 e. The maximum atomic E-state index is 13.4. The highest BCUT2D eigenvalue weighted by Crippen LogP contribution is 2.26. The van der Waals surface area contributed by atoms with Crippen LogP contribution >= 0.6 is 15.9 Å². The van der Waals surface area contributed by atoms with Crippen LogP contribution in [0.5, 0.6) is 0 Å². The number of ether oxygens (including phenoxy) is 2. The van der Waals surface area contributed by atoms with Gasteiger partial charge in [-0.3, -0.25) is 4.57 Å². The van der Waals surface area contributed by atoms with Gasteiger partial charge in [-0.1, -0.05) is 24.3 Å². The Morgan fingerprint density at radius 2 is 2.06 bits per heavy atom. The van der Waals surface area contributed by atoms with Crippen molar-refractivity contribution in [1.29, 1.82) is 0 Å². The number of benzene rings is 1. The third-order valence-corrected chi connectivity index (χ3v) is 6.72. The fourth-order valence-electron chi connectivity index (χ4n) is 4.58. The van der Waals surface area contributed by atoms with Gasteiger partial charge in [0.2, 0.25) is 0 Å². The van der Waals surface area contributed by atoms with E-state index in [0.29, 0.717) is 37.2 Å². The van der Waals surface area contributed by atoms with E-state index < -0.39 is 0 Å². The standard InChI is InChI=1S/C25H26BrN3O4/c26-18-13-22-23(27-14-18)29(19-9-5-2-6-10-19)25(31)28(22)15-20-11-12-21(16-32-20)33-24(30)17-7-3-1-4-8-17/h1,3-4,7-9,13-14,20-21H,2,5-6,10-12,15-16H2/t20-,21-/m1/s1. The number of imidazole rings is 1. The number of fused-ring (bicyclic) bond motifs is 1. The van der Waals surface area contributed by atoms with Crippen molar-refractivity contribution < 1.29 is 14.3 Å². The number of carbonyl (C=O) groups is 1. The van der Waals surface area contributed by atoms with E-state index in [2.05, 4.69) is 27.0 Å². The Kier molecular flexibility index (Phi) is 6.46. The first-order valence-corrected chi connectivity index (χ1v) is 12.2. The minimum absolute atomic E-state index is 0.0787. The Bertz CT molecular complexity index is 1240. The van der Waals surface area contributed by atoms with Gasteiger partial charge in [0.25, 0.3) is 0 Å². The van der Waals surface area contributed by atoms with Crippen LogP contribution in [0, 0.1) is 0 Å². The Labute approximate surface area is 200 Å². The average Bonchev–Trinajstić information content (AvgIpc) is 3.12. The molecule has 2 aliphatic rings. The number of nitrogens with zero attached hydrogens (tertiary/aromatic N) is 3. The van der Waals surface area contributed by atoms with Crippen LogP contribution in [-0.2, 0) is 16.0 Å². The van der Waals surface area contributed by atoms with Gasteiger partial charge in [-0.25, -0.2) is 19.1 Å². The fourth-order valence-corrected chi connectivity index (χ4v) is 4.90. The molecular weight excluding hydrogens is 486 g/mol. The summed E-state index contributed by atoms with van der Waals surface area (Å²) in [6.45, 7) is 0.761. The third kappa shape index (κ3) is 4.68. The summed E-state index contributed by atoms with van der Waals surface area (Å²) < 4.78 is 16.0. The predicted molar refractivity (Wildman–Crippen MR) is 129 cm³/mol. The molecule has 3 aromatic rings. The van der Waals surface area contributed by atoms with Crippen LogP contribution in [0.15, 0.2) is 57.9 Å². The lowest BCUT2D eigenvalue weighted by molar-refractivity contribution is -0.0710. The Balaban J connectivity index is 1.31. The van der Waals surface area contributed by atoms with Crippen LogP contribution in [0.1, 0.15) is 48.9 Å². The summed E-state index contributed by atoms with van der Waals surface area (Å²) in [6.07, 6.45) is 8.97. The van der Waals surface area contributed by atoms with Gasteiger partial charge in [-0.15, -0.1) is 0 Å². The first kappa shape index (κ1) is 22.1. The van der Waals surface area contributed by atoms with Crippen LogP contribution in [0.2, 0.25) is 0 Å². The van der Waals surface area contributed by atoms with Crippen LogP contribution in [-0.4, -0.2) is 38.9 Å². The molecule has 0 radical (unpaired) electrons. The highest BCUT2D eigenvalue weighted by Gasteiger charge is 2.27. The zero-order valence-electron chi connectivity index (χ0n) is 18.3. The first-order valence-electron chi connectivity index (χ1n) is 11.4. The molecule has 0 N–H and O–H groups in total. The number of aromatic nitrogens is 3. The SMILES string of the molecule is O=C(O[C@@H]1CC[C@H](Cn2c(=O)n(C3=CCCCC3)c3ncc(Br)cc32)OC1)c1ccccc1. The predicted octanol–water partition coefficient (Wildman–Crippen LogP) is 4.78. The van der Waals surface area contributed by atoms with Crippen molar-refractivity contribution >= 4 is 38.8 Å². The smallest absolute Gasteiger partial charge is 0.338 e. The summed E-state index contributed by atoms with van der Waals surface area (Å²) in [6, 6.07) is 10.9. The van der Waals surface area contributed by atoms with Gasteiger partial charge in [-0.05, 0) is 72.7 Å². The van der Waals surface area contributed by atoms with E-state index in [1.165, 1.54) is 0 Å². The van der Waals surface area contributed by atoms with Gasteiger partial charge >= 0.3 is 11.7 Å². The quantitative estimate of drug-likeness (QED) is 0.460. The van der Waals surface area contributed by atoms with Gasteiger partial charge in [-0.2, -0.15) is 0 Å². The van der Waals surface area contributed by atoms with Gasteiger partial charge < -0.3 is 9.47 Å². The number of pyridine rings is 1. The molecule has 0 bridgehead atoms. The number of hydrogen-bond donors (Lipinski definition) is 0. The van der Waals surface area contributed by atoms with Crippen molar-refractivity contribution in [3.8, 4) is 0 Å². The van der Waals surface area contributed by atoms with Crippen LogP contribution in [0.3, 0.4) is 0 Å². The summed E-state index contributed by atoms with van der Waals surface area (Å²) in [4.78, 5) is 30.3. The second-order valence-electron chi connectivity index (χ2n) is 8.59. The number of hydrogen-bond acceptors (Lipinski definition) is 5. The number of carbonyl (C=O) groups excluding carboxylic acids is 1. The Hall–Kier alpha value is -2.71. The number of esters is 1. The zero-order chi connectivity index (χ0) is 22.8. The van der Waals surface area contributed by atoms with Gasteiger partial charge in [0.15, 0.2) is 5.65 Å². The average molecular weight is 512 g/mol. The number of allylic oxidation sites excluding steroid dienone is 2. The molecule has 1 aromatic carbocycles. The minimum atomic E-state index is -0.335. The van der Waals surface area contributed by atoms with Crippen molar-refractivity contribution in [2.45, 2.75) is 57.3 Å². The summed E-state index contributed by atoms with van der Waals surface area (Å²) in [5, 5.41) is 0. The molecule has 0 saturated carbocycles. The molecule has 1 aliphatic carbocycles.